The molecule has 0 aliphatic rings. The summed E-state index contributed by atoms with van der Waals surface area (Å²) < 4.78 is 2.99. The first-order valence-corrected chi connectivity index (χ1v) is 8.27. The largest absolute Gasteiger partial charge is 0.285 e. The first kappa shape index (κ1) is 16.4. The van der Waals surface area contributed by atoms with Gasteiger partial charge in [0.1, 0.15) is 0 Å². The third-order valence-electron chi connectivity index (χ3n) is 3.63. The average molecular weight is 385 g/mol. The van der Waals surface area contributed by atoms with Crippen LogP contribution in [0.25, 0.3) is 11.4 Å². The molecule has 0 unspecified atom stereocenters. The molecule has 0 spiro atoms. The lowest BCUT2D eigenvalue weighted by atomic mass is 10.2. The van der Waals surface area contributed by atoms with Gasteiger partial charge in [-0.05, 0) is 48.5 Å². The van der Waals surface area contributed by atoms with E-state index in [0.717, 1.165) is 11.4 Å². The number of benzene rings is 2. The summed E-state index contributed by atoms with van der Waals surface area (Å²) in [5, 5.41) is 17.0. The molecule has 0 atom stereocenters. The summed E-state index contributed by atoms with van der Waals surface area (Å²) in [5.41, 5.74) is 1.82. The van der Waals surface area contributed by atoms with Crippen LogP contribution in [-0.2, 0) is 0 Å². The van der Waals surface area contributed by atoms with E-state index in [4.69, 9.17) is 23.2 Å². The van der Waals surface area contributed by atoms with Crippen LogP contribution in [0.4, 0.5) is 0 Å². The number of hydrogen-bond acceptors (Lipinski definition) is 5. The Hall–Kier alpha value is -3.03. The van der Waals surface area contributed by atoms with Gasteiger partial charge in [0.25, 0.3) is 0 Å². The zero-order valence-corrected chi connectivity index (χ0v) is 14.6. The fourth-order valence-corrected chi connectivity index (χ4v) is 2.56. The van der Waals surface area contributed by atoms with Crippen molar-refractivity contribution in [1.29, 1.82) is 0 Å². The van der Waals surface area contributed by atoms with Crippen LogP contribution >= 0.6 is 23.2 Å². The zero-order chi connectivity index (χ0) is 18.1. The van der Waals surface area contributed by atoms with E-state index in [1.165, 1.54) is 21.8 Å². The van der Waals surface area contributed by atoms with Crippen molar-refractivity contribution in [3.05, 3.63) is 82.4 Å². The third kappa shape index (κ3) is 3.22. The van der Waals surface area contributed by atoms with Crippen molar-refractivity contribution in [3.8, 4) is 11.4 Å². The van der Waals surface area contributed by atoms with Gasteiger partial charge in [-0.15, -0.1) is 10.2 Å². The number of carbonyl (C=O) groups excluding carboxylic acids is 1. The highest BCUT2D eigenvalue weighted by Gasteiger charge is 2.18. The molecular formula is C17H10Cl2N6O. The van der Waals surface area contributed by atoms with Gasteiger partial charge in [-0.1, -0.05) is 33.6 Å². The maximum atomic E-state index is 12.6. The molecule has 0 bridgehead atoms. The molecule has 128 valence electrons. The summed E-state index contributed by atoms with van der Waals surface area (Å²) in [7, 11) is 0. The summed E-state index contributed by atoms with van der Waals surface area (Å²) in [4.78, 5) is 12.6. The minimum Gasteiger partial charge on any atom is -0.285 e. The van der Waals surface area contributed by atoms with Crippen molar-refractivity contribution in [3.63, 3.8) is 0 Å². The van der Waals surface area contributed by atoms with Crippen LogP contribution in [-0.4, -0.2) is 35.8 Å². The van der Waals surface area contributed by atoms with Gasteiger partial charge in [-0.25, -0.2) is 9.36 Å². The lowest BCUT2D eigenvalue weighted by Gasteiger charge is -1.99. The molecule has 2 heterocycles. The topological polar surface area (TPSA) is 78.5 Å². The van der Waals surface area contributed by atoms with Gasteiger partial charge in [0.15, 0.2) is 11.4 Å². The van der Waals surface area contributed by atoms with E-state index >= 15 is 0 Å². The van der Waals surface area contributed by atoms with Crippen molar-refractivity contribution >= 4 is 29.0 Å². The molecule has 7 nitrogen and oxygen atoms in total. The Balaban J connectivity index is 1.58. The van der Waals surface area contributed by atoms with E-state index in [9.17, 15) is 4.79 Å². The van der Waals surface area contributed by atoms with Crippen LogP contribution in [0.15, 0.2) is 60.9 Å². The van der Waals surface area contributed by atoms with Crippen LogP contribution in [0.2, 0.25) is 10.0 Å². The van der Waals surface area contributed by atoms with Crippen LogP contribution in [0.3, 0.4) is 0 Å². The molecule has 4 rings (SSSR count). The number of hydrogen-bond donors (Lipinski definition) is 0. The highest BCUT2D eigenvalue weighted by atomic mass is 35.5. The van der Waals surface area contributed by atoms with Gasteiger partial charge in [-0.3, -0.25) is 4.79 Å². The molecule has 0 saturated heterocycles. The lowest BCUT2D eigenvalue weighted by Crippen LogP contribution is -2.02. The van der Waals surface area contributed by atoms with Crippen LogP contribution < -0.4 is 0 Å². The molecule has 0 saturated carbocycles. The summed E-state index contributed by atoms with van der Waals surface area (Å²) >= 11 is 11.7. The van der Waals surface area contributed by atoms with Gasteiger partial charge in [0, 0.05) is 10.0 Å². The molecule has 9 heteroatoms. The van der Waals surface area contributed by atoms with E-state index in [-0.39, 0.29) is 17.2 Å². The molecule has 0 aliphatic heterocycles. The van der Waals surface area contributed by atoms with Crippen LogP contribution in [0.1, 0.15) is 16.2 Å². The predicted octanol–water partition coefficient (Wildman–Crippen LogP) is 3.39. The fourth-order valence-electron chi connectivity index (χ4n) is 2.31. The standard InChI is InChI=1S/C17H10Cl2N6O/c18-11-1-5-13(6-2-11)24-9-15(20-22-24)17(26)16-10-25(23-21-16)14-7-3-12(19)4-8-14/h1-10H. The van der Waals surface area contributed by atoms with Crippen LogP contribution in [0.5, 0.6) is 0 Å². The monoisotopic (exact) mass is 384 g/mol. The highest BCUT2D eigenvalue weighted by molar-refractivity contribution is 6.30. The van der Waals surface area contributed by atoms with Crippen molar-refractivity contribution < 1.29 is 4.79 Å². The summed E-state index contributed by atoms with van der Waals surface area (Å²) in [6.07, 6.45) is 3.07. The SMILES string of the molecule is O=C(c1cn(-c2ccc(Cl)cc2)nn1)c1cn(-c2ccc(Cl)cc2)nn1. The Morgan fingerprint density at radius 2 is 1.08 bits per heavy atom. The molecule has 0 radical (unpaired) electrons. The first-order chi connectivity index (χ1) is 12.6. The molecule has 0 fully saturated rings. The number of nitrogens with zero attached hydrogens (tertiary/aromatic N) is 6. The minimum atomic E-state index is -0.370. The van der Waals surface area contributed by atoms with Gasteiger partial charge in [-0.2, -0.15) is 0 Å². The van der Waals surface area contributed by atoms with E-state index in [2.05, 4.69) is 20.6 Å². The third-order valence-corrected chi connectivity index (χ3v) is 4.14. The minimum absolute atomic E-state index is 0.170. The number of ketones is 1. The Bertz CT molecular complexity index is 984. The van der Waals surface area contributed by atoms with Gasteiger partial charge < -0.3 is 0 Å². The average Bonchev–Trinajstić information content (AvgIpc) is 3.32. The summed E-state index contributed by atoms with van der Waals surface area (Å²) in [5.74, 6) is -0.370. The molecular weight excluding hydrogens is 375 g/mol. The second-order valence-corrected chi connectivity index (χ2v) is 6.25. The van der Waals surface area contributed by atoms with E-state index < -0.39 is 0 Å². The number of carbonyl (C=O) groups is 1. The number of aromatic nitrogens is 6. The normalized spacial score (nSPS) is 10.8. The summed E-state index contributed by atoms with van der Waals surface area (Å²) in [6, 6.07) is 14.1. The number of rotatable bonds is 4. The molecule has 0 amide bonds. The molecule has 26 heavy (non-hydrogen) atoms. The van der Waals surface area contributed by atoms with E-state index in [1.807, 2.05) is 0 Å². The van der Waals surface area contributed by atoms with Crippen molar-refractivity contribution in [2.75, 3.05) is 0 Å². The summed E-state index contributed by atoms with van der Waals surface area (Å²) in [6.45, 7) is 0. The maximum Gasteiger partial charge on any atom is 0.236 e. The Labute approximate surface area is 157 Å². The lowest BCUT2D eigenvalue weighted by molar-refractivity contribution is 0.102. The molecule has 0 aliphatic carbocycles. The van der Waals surface area contributed by atoms with Crippen LogP contribution in [0, 0.1) is 0 Å². The number of halogens is 2. The fraction of sp³-hybridized carbons (Fsp3) is 0. The van der Waals surface area contributed by atoms with Gasteiger partial charge in [0.05, 0.1) is 23.8 Å². The molecule has 4 aromatic rings. The molecule has 0 N–H and O–H groups in total. The van der Waals surface area contributed by atoms with Crippen molar-refractivity contribution in [2.45, 2.75) is 0 Å². The van der Waals surface area contributed by atoms with Gasteiger partial charge in [0.2, 0.25) is 5.78 Å². The van der Waals surface area contributed by atoms with Crippen molar-refractivity contribution in [1.82, 2.24) is 30.0 Å². The molecule has 2 aromatic carbocycles. The second-order valence-electron chi connectivity index (χ2n) is 5.38. The quantitative estimate of drug-likeness (QED) is 0.504. The smallest absolute Gasteiger partial charge is 0.236 e. The Kier molecular flexibility index (Phi) is 4.24. The van der Waals surface area contributed by atoms with E-state index in [1.54, 1.807) is 48.5 Å². The van der Waals surface area contributed by atoms with Gasteiger partial charge >= 0.3 is 0 Å². The highest BCUT2D eigenvalue weighted by Crippen LogP contribution is 2.15. The van der Waals surface area contributed by atoms with E-state index in [0.29, 0.717) is 10.0 Å². The predicted molar refractivity (Wildman–Crippen MR) is 96.2 cm³/mol. The zero-order valence-electron chi connectivity index (χ0n) is 13.1. The first-order valence-electron chi connectivity index (χ1n) is 7.51. The Morgan fingerprint density at radius 1 is 0.692 bits per heavy atom. The van der Waals surface area contributed by atoms with Crippen molar-refractivity contribution in [2.24, 2.45) is 0 Å². The molecule has 2 aromatic heterocycles. The maximum absolute atomic E-state index is 12.6. The Morgan fingerprint density at radius 3 is 1.46 bits per heavy atom. The second kappa shape index (κ2) is 6.70.